The van der Waals surface area contributed by atoms with E-state index in [9.17, 15) is 9.90 Å². The molecule has 14 N–H and O–H groups in total. The van der Waals surface area contributed by atoms with Gasteiger partial charge in [0.15, 0.2) is 0 Å². The Morgan fingerprint density at radius 3 is 1.85 bits per heavy atom. The molecule has 2 fully saturated rings. The molecule has 3 aliphatic heterocycles. The number of carbonyl (C=O) groups is 1. The zero-order chi connectivity index (χ0) is 24.2. The largest absolute Gasteiger partial charge is 0.396 e. The van der Waals surface area contributed by atoms with Crippen LogP contribution in [-0.4, -0.2) is 64.5 Å². The van der Waals surface area contributed by atoms with E-state index in [4.69, 9.17) is 15.0 Å². The van der Waals surface area contributed by atoms with Crippen molar-refractivity contribution in [1.29, 1.82) is 0 Å². The lowest BCUT2D eigenvalue weighted by atomic mass is 10.0. The molecule has 5 rings (SSSR count). The van der Waals surface area contributed by atoms with Gasteiger partial charge < -0.3 is 44.8 Å². The molecule has 3 aliphatic rings. The summed E-state index contributed by atoms with van der Waals surface area (Å²) in [5.41, 5.74) is 2.25. The Morgan fingerprint density at radius 2 is 1.36 bits per heavy atom. The van der Waals surface area contributed by atoms with Crippen LogP contribution in [0, 0.1) is 5.92 Å². The first kappa shape index (κ1) is 33.6. The number of hydrogen-bond donors (Lipinski definition) is 6. The van der Waals surface area contributed by atoms with Crippen molar-refractivity contribution in [3.05, 3.63) is 24.3 Å². The summed E-state index contributed by atoms with van der Waals surface area (Å²) < 4.78 is 0. The fourth-order valence-corrected chi connectivity index (χ4v) is 4.94. The molecule has 0 aliphatic carbocycles. The number of piperidine rings is 2. The molecule has 2 saturated heterocycles. The number of hydrogen-bond acceptors (Lipinski definition) is 13. The minimum absolute atomic E-state index is 0. The quantitative estimate of drug-likeness (QED) is 0.266. The lowest BCUT2D eigenvalue weighted by Gasteiger charge is -2.30. The topological polar surface area (TPSA) is 250 Å². The van der Waals surface area contributed by atoms with E-state index in [1.54, 1.807) is 0 Å². The summed E-state index contributed by atoms with van der Waals surface area (Å²) in [6.45, 7) is 5.67. The minimum atomic E-state index is -0.357. The number of aliphatic hydroxyl groups is 1. The highest BCUT2D eigenvalue weighted by atomic mass is 16.3. The number of nitrogens with zero attached hydrogens (tertiary/aromatic N) is 7. The van der Waals surface area contributed by atoms with Crippen molar-refractivity contribution in [3.63, 3.8) is 0 Å². The molecular formula is C25H54N12O2. The maximum absolute atomic E-state index is 12.7. The van der Waals surface area contributed by atoms with Gasteiger partial charge in [0.1, 0.15) is 0 Å². The summed E-state index contributed by atoms with van der Waals surface area (Å²) in [4.78, 5) is 31.6. The average Bonchev–Trinajstić information content (AvgIpc) is 3.19. The van der Waals surface area contributed by atoms with Crippen LogP contribution in [0.15, 0.2) is 29.4 Å². The molecule has 1 aromatic heterocycles. The number of aliphatic hydroxyl groups excluding tert-OH is 1. The van der Waals surface area contributed by atoms with Crippen LogP contribution in [-0.2, 0) is 4.79 Å². The highest BCUT2D eigenvalue weighted by molar-refractivity contribution is 6.14. The first-order valence-electron chi connectivity index (χ1n) is 12.8. The summed E-state index contributed by atoms with van der Waals surface area (Å²) in [5.74, 6) is 1.54. The molecule has 1 amide bonds. The zero-order valence-corrected chi connectivity index (χ0v) is 23.2. The van der Waals surface area contributed by atoms with Gasteiger partial charge in [-0.1, -0.05) is 0 Å². The number of hydrazone groups is 1. The van der Waals surface area contributed by atoms with E-state index in [1.165, 1.54) is 17.9 Å². The monoisotopic (exact) mass is 554 g/mol. The Kier molecular flexibility index (Phi) is 13.1. The third-order valence-corrected chi connectivity index (χ3v) is 6.94. The Labute approximate surface area is 236 Å². The van der Waals surface area contributed by atoms with Crippen LogP contribution >= 0.6 is 0 Å². The Bertz CT molecular complexity index is 1050. The van der Waals surface area contributed by atoms with Gasteiger partial charge in [0.25, 0.3) is 5.91 Å². The minimum Gasteiger partial charge on any atom is -0.396 e. The van der Waals surface area contributed by atoms with E-state index in [0.717, 1.165) is 75.2 Å². The second kappa shape index (κ2) is 15.2. The lowest BCUT2D eigenvalue weighted by molar-refractivity contribution is -0.120. The van der Waals surface area contributed by atoms with Gasteiger partial charge in [-0.25, -0.2) is 5.01 Å². The van der Waals surface area contributed by atoms with Gasteiger partial charge >= 0.3 is 0 Å². The molecule has 0 spiro atoms. The molecular weight excluding hydrogens is 500 g/mol. The van der Waals surface area contributed by atoms with Gasteiger partial charge in [-0.2, -0.15) is 20.1 Å². The van der Waals surface area contributed by atoms with E-state index in [1.807, 2.05) is 31.2 Å². The smallest absolute Gasteiger partial charge is 0.256 e. The van der Waals surface area contributed by atoms with E-state index in [2.05, 4.69) is 20.2 Å². The molecule has 4 heterocycles. The molecule has 14 heteroatoms. The van der Waals surface area contributed by atoms with Gasteiger partial charge in [-0.15, -0.1) is 0 Å². The van der Waals surface area contributed by atoms with Crippen molar-refractivity contribution in [1.82, 2.24) is 39.6 Å². The van der Waals surface area contributed by atoms with Crippen molar-refractivity contribution in [2.24, 2.45) is 11.0 Å². The number of amides is 1. The van der Waals surface area contributed by atoms with Gasteiger partial charge in [-0.3, -0.25) is 4.79 Å². The molecule has 39 heavy (non-hydrogen) atoms. The Morgan fingerprint density at radius 1 is 0.846 bits per heavy atom. The van der Waals surface area contributed by atoms with Crippen LogP contribution in [0.2, 0.25) is 0 Å². The van der Waals surface area contributed by atoms with Crippen LogP contribution < -0.4 is 44.7 Å². The molecule has 1 atom stereocenters. The van der Waals surface area contributed by atoms with E-state index in [0.29, 0.717) is 18.1 Å². The fraction of sp³-hybridized carbons (Fsp3) is 0.560. The Hall–Kier alpha value is -3.43. The van der Waals surface area contributed by atoms with Gasteiger partial charge in [0.2, 0.25) is 17.8 Å². The molecule has 0 radical (unpaired) electrons. The van der Waals surface area contributed by atoms with Crippen LogP contribution in [0.4, 0.5) is 29.2 Å². The van der Waals surface area contributed by atoms with Crippen LogP contribution in [0.5, 0.6) is 0 Å². The van der Waals surface area contributed by atoms with Crippen LogP contribution in [0.25, 0.3) is 0 Å². The summed E-state index contributed by atoms with van der Waals surface area (Å²) in [6.07, 6.45) is 7.53. The normalized spacial score (nSPS) is 18.7. The van der Waals surface area contributed by atoms with E-state index < -0.39 is 0 Å². The van der Waals surface area contributed by atoms with E-state index in [-0.39, 0.29) is 48.7 Å². The molecule has 226 valence electrons. The Balaban J connectivity index is -0.000000951. The number of rotatable bonds is 7. The van der Waals surface area contributed by atoms with Crippen molar-refractivity contribution in [2.45, 2.75) is 51.9 Å². The van der Waals surface area contributed by atoms with Gasteiger partial charge in [0, 0.05) is 49.9 Å². The number of nitrogens with one attached hydrogen (secondary N) is 1. The van der Waals surface area contributed by atoms with E-state index >= 15 is 0 Å². The SMILES string of the molecule is CC1=NN(c2ccc(Nc3nc(N4CCCCC4)nc(N4CCCCC4)n3)cc2)C(=O)C1CCO.N.N.N.N.[HH].[HH].[HH].[HH]. The number of anilines is 5. The van der Waals surface area contributed by atoms with Gasteiger partial charge in [-0.05, 0) is 76.1 Å². The van der Waals surface area contributed by atoms with Gasteiger partial charge in [0.05, 0.1) is 11.6 Å². The highest BCUT2D eigenvalue weighted by Crippen LogP contribution is 2.28. The first-order chi connectivity index (χ1) is 17.1. The standard InChI is InChI=1S/C25H34N8O2.4H3N.4H2/c1-18-21(12-17-34)22(35)33(30-18)20-10-8-19(9-11-20)26-23-27-24(31-13-4-2-5-14-31)29-25(28-23)32-15-6-3-7-16-32;;;;;;;;/h8-11,21,34H,2-7,12-17H2,1H3,(H,26,27,28,29);4*1H3;4*1H. The number of carbonyl (C=O) groups excluding carboxylic acids is 1. The van der Waals surface area contributed by atoms with Crippen molar-refractivity contribution in [3.8, 4) is 0 Å². The summed E-state index contributed by atoms with van der Waals surface area (Å²) in [6, 6.07) is 7.52. The number of aromatic nitrogens is 3. The third kappa shape index (κ3) is 7.58. The molecule has 0 bridgehead atoms. The lowest BCUT2D eigenvalue weighted by Crippen LogP contribution is -2.34. The predicted octanol–water partition coefficient (Wildman–Crippen LogP) is 4.95. The van der Waals surface area contributed by atoms with Crippen molar-refractivity contribution >= 4 is 40.8 Å². The second-order valence-electron chi connectivity index (χ2n) is 9.48. The predicted molar refractivity (Wildman–Crippen MR) is 166 cm³/mol. The summed E-state index contributed by atoms with van der Waals surface area (Å²) >= 11 is 0. The second-order valence-corrected chi connectivity index (χ2v) is 9.48. The maximum Gasteiger partial charge on any atom is 0.256 e. The highest BCUT2D eigenvalue weighted by Gasteiger charge is 2.33. The summed E-state index contributed by atoms with van der Waals surface area (Å²) in [7, 11) is 0. The van der Waals surface area contributed by atoms with Crippen LogP contribution in [0.1, 0.15) is 57.6 Å². The molecule has 0 saturated carbocycles. The molecule has 2 aromatic rings. The first-order valence-corrected chi connectivity index (χ1v) is 12.8. The van der Waals surface area contributed by atoms with Crippen molar-refractivity contribution < 1.29 is 15.6 Å². The van der Waals surface area contributed by atoms with Crippen LogP contribution in [0.3, 0.4) is 0 Å². The summed E-state index contributed by atoms with van der Waals surface area (Å²) in [5, 5.41) is 18.4. The average molecular weight is 555 g/mol. The zero-order valence-electron chi connectivity index (χ0n) is 23.2. The number of benzene rings is 1. The fourth-order valence-electron chi connectivity index (χ4n) is 4.94. The maximum atomic E-state index is 12.7. The molecule has 14 nitrogen and oxygen atoms in total. The third-order valence-electron chi connectivity index (χ3n) is 6.94. The molecule has 1 aromatic carbocycles. The molecule has 1 unspecified atom stereocenters. The van der Waals surface area contributed by atoms with Crippen molar-refractivity contribution in [2.75, 3.05) is 52.9 Å².